The summed E-state index contributed by atoms with van der Waals surface area (Å²) in [6.45, 7) is 0. The second-order valence-electron chi connectivity index (χ2n) is 4.62. The minimum absolute atomic E-state index is 0.196. The van der Waals surface area contributed by atoms with Crippen molar-refractivity contribution in [1.82, 2.24) is 0 Å². The van der Waals surface area contributed by atoms with Gasteiger partial charge in [0.25, 0.3) is 0 Å². The van der Waals surface area contributed by atoms with Crippen LogP contribution in [0.5, 0.6) is 0 Å². The number of nitrogens with two attached hydrogens (primary N) is 1. The van der Waals surface area contributed by atoms with E-state index in [0.29, 0.717) is 6.42 Å². The van der Waals surface area contributed by atoms with E-state index in [9.17, 15) is 8.60 Å². The molecule has 0 radical (unpaired) electrons. The molecule has 0 aliphatic heterocycles. The van der Waals surface area contributed by atoms with Crippen LogP contribution in [0.3, 0.4) is 0 Å². The number of hydrogen-bond donors (Lipinski definition) is 2. The summed E-state index contributed by atoms with van der Waals surface area (Å²) in [4.78, 5) is 0. The fourth-order valence-electron chi connectivity index (χ4n) is 2.01. The molecule has 2 unspecified atom stereocenters. The molecule has 0 aliphatic rings. The van der Waals surface area contributed by atoms with Crippen LogP contribution >= 0.6 is 0 Å². The van der Waals surface area contributed by atoms with Gasteiger partial charge in [0.2, 0.25) is 0 Å². The van der Waals surface area contributed by atoms with Crippen LogP contribution in [0, 0.1) is 5.82 Å². The van der Waals surface area contributed by atoms with Gasteiger partial charge >= 0.3 is 0 Å². The fourth-order valence-corrected chi connectivity index (χ4v) is 2.47. The Kier molecular flexibility index (Phi) is 4.87. The molecule has 2 aromatic carbocycles. The minimum atomic E-state index is -1.10. The van der Waals surface area contributed by atoms with Gasteiger partial charge in [0.1, 0.15) is 16.8 Å². The van der Waals surface area contributed by atoms with Gasteiger partial charge in [0.15, 0.2) is 0 Å². The van der Waals surface area contributed by atoms with Gasteiger partial charge in [0, 0.05) is 18.0 Å². The quantitative estimate of drug-likeness (QED) is 0.890. The number of rotatable bonds is 5. The van der Waals surface area contributed by atoms with Crippen LogP contribution < -0.4 is 10.5 Å². The molecule has 2 rings (SSSR count). The summed E-state index contributed by atoms with van der Waals surface area (Å²) in [7, 11) is -1.10. The second kappa shape index (κ2) is 6.63. The minimum Gasteiger partial charge on any atom is -0.324 e. The van der Waals surface area contributed by atoms with Crippen molar-refractivity contribution < 1.29 is 8.60 Å². The van der Waals surface area contributed by atoms with E-state index >= 15 is 0 Å². The lowest BCUT2D eigenvalue weighted by Crippen LogP contribution is -2.13. The molecular weight excluding hydrogens is 275 g/mol. The lowest BCUT2D eigenvalue weighted by molar-refractivity contribution is 0.624. The second-order valence-corrected chi connectivity index (χ2v) is 5.73. The zero-order valence-electron chi connectivity index (χ0n) is 11.2. The van der Waals surface area contributed by atoms with Gasteiger partial charge in [-0.25, -0.2) is 8.60 Å². The van der Waals surface area contributed by atoms with Crippen molar-refractivity contribution in [2.24, 2.45) is 5.73 Å². The maximum atomic E-state index is 12.9. The van der Waals surface area contributed by atoms with Crippen LogP contribution in [0.4, 0.5) is 10.1 Å². The Morgan fingerprint density at radius 2 is 1.95 bits per heavy atom. The Hall–Kier alpha value is -1.72. The summed E-state index contributed by atoms with van der Waals surface area (Å²) < 4.78 is 26.9. The van der Waals surface area contributed by atoms with Crippen molar-refractivity contribution in [2.75, 3.05) is 11.0 Å². The van der Waals surface area contributed by atoms with Gasteiger partial charge in [-0.3, -0.25) is 0 Å². The van der Waals surface area contributed by atoms with Crippen molar-refractivity contribution in [1.29, 1.82) is 0 Å². The highest BCUT2D eigenvalue weighted by atomic mass is 32.2. The molecule has 0 aromatic heterocycles. The maximum absolute atomic E-state index is 12.9. The third kappa shape index (κ3) is 4.15. The SMILES string of the molecule is CS(=O)Nc1cccc(CC(N)c2ccc(F)cc2)c1. The van der Waals surface area contributed by atoms with E-state index in [4.69, 9.17) is 5.73 Å². The maximum Gasteiger partial charge on any atom is 0.123 e. The van der Waals surface area contributed by atoms with Gasteiger partial charge in [0.05, 0.1) is 0 Å². The Morgan fingerprint density at radius 3 is 2.60 bits per heavy atom. The van der Waals surface area contributed by atoms with Gasteiger partial charge < -0.3 is 10.5 Å². The van der Waals surface area contributed by atoms with E-state index in [1.807, 2.05) is 24.3 Å². The Labute approximate surface area is 120 Å². The molecule has 3 N–H and O–H groups in total. The first-order chi connectivity index (χ1) is 9.54. The van der Waals surface area contributed by atoms with Crippen LogP contribution in [0.25, 0.3) is 0 Å². The number of halogens is 1. The highest BCUT2D eigenvalue weighted by molar-refractivity contribution is 7.85. The molecule has 2 atom stereocenters. The van der Waals surface area contributed by atoms with Crippen molar-refractivity contribution >= 4 is 16.7 Å². The average molecular weight is 292 g/mol. The molecule has 106 valence electrons. The predicted octanol–water partition coefficient (Wildman–Crippen LogP) is 2.77. The van der Waals surface area contributed by atoms with Crippen LogP contribution in [-0.2, 0) is 17.4 Å². The fraction of sp³-hybridized carbons (Fsp3) is 0.200. The number of benzene rings is 2. The zero-order valence-corrected chi connectivity index (χ0v) is 12.0. The van der Waals surface area contributed by atoms with Crippen molar-refractivity contribution in [3.8, 4) is 0 Å². The van der Waals surface area contributed by atoms with E-state index in [1.165, 1.54) is 12.1 Å². The molecule has 0 heterocycles. The van der Waals surface area contributed by atoms with Crippen LogP contribution in [0.1, 0.15) is 17.2 Å². The molecule has 5 heteroatoms. The molecule has 20 heavy (non-hydrogen) atoms. The van der Waals surface area contributed by atoms with Gasteiger partial charge in [-0.05, 0) is 41.8 Å². The molecule has 3 nitrogen and oxygen atoms in total. The van der Waals surface area contributed by atoms with Gasteiger partial charge in [-0.1, -0.05) is 24.3 Å². The lowest BCUT2D eigenvalue weighted by atomic mass is 9.99. The van der Waals surface area contributed by atoms with Crippen LogP contribution in [0.2, 0.25) is 0 Å². The summed E-state index contributed by atoms with van der Waals surface area (Å²) in [6, 6.07) is 13.7. The normalized spacial score (nSPS) is 13.8. The third-order valence-electron chi connectivity index (χ3n) is 2.94. The van der Waals surface area contributed by atoms with Crippen molar-refractivity contribution in [2.45, 2.75) is 12.5 Å². The summed E-state index contributed by atoms with van der Waals surface area (Å²) in [6.07, 6.45) is 2.22. The number of nitrogens with one attached hydrogen (secondary N) is 1. The summed E-state index contributed by atoms with van der Waals surface area (Å²) in [5, 5.41) is 0. The zero-order chi connectivity index (χ0) is 14.5. The van der Waals surface area contributed by atoms with E-state index in [0.717, 1.165) is 16.8 Å². The molecule has 0 saturated carbocycles. The van der Waals surface area contributed by atoms with Crippen LogP contribution in [0.15, 0.2) is 48.5 Å². The monoisotopic (exact) mass is 292 g/mol. The third-order valence-corrected chi connectivity index (χ3v) is 3.47. The number of anilines is 1. The Bertz CT molecular complexity index is 601. The first-order valence-electron chi connectivity index (χ1n) is 6.24. The summed E-state index contributed by atoms with van der Waals surface area (Å²) >= 11 is 0. The average Bonchev–Trinajstić information content (AvgIpc) is 2.39. The molecule has 0 saturated heterocycles. The van der Waals surface area contributed by atoms with Gasteiger partial charge in [-0.2, -0.15) is 0 Å². The van der Waals surface area contributed by atoms with Crippen molar-refractivity contribution in [3.05, 3.63) is 65.5 Å². The van der Waals surface area contributed by atoms with E-state index in [1.54, 1.807) is 18.4 Å². The van der Waals surface area contributed by atoms with Crippen LogP contribution in [-0.4, -0.2) is 10.5 Å². The topological polar surface area (TPSA) is 55.1 Å². The molecule has 0 fully saturated rings. The molecule has 2 aromatic rings. The first-order valence-corrected chi connectivity index (χ1v) is 7.80. The Balaban J connectivity index is 2.09. The molecule has 0 spiro atoms. The lowest BCUT2D eigenvalue weighted by Gasteiger charge is -2.13. The predicted molar refractivity (Wildman–Crippen MR) is 81.2 cm³/mol. The van der Waals surface area contributed by atoms with Gasteiger partial charge in [-0.15, -0.1) is 0 Å². The molecule has 0 amide bonds. The van der Waals surface area contributed by atoms with E-state index < -0.39 is 11.0 Å². The summed E-state index contributed by atoms with van der Waals surface area (Å²) in [5.41, 5.74) is 8.86. The Morgan fingerprint density at radius 1 is 1.25 bits per heavy atom. The number of hydrogen-bond acceptors (Lipinski definition) is 2. The van der Waals surface area contributed by atoms with Crippen molar-refractivity contribution in [3.63, 3.8) is 0 Å². The molecular formula is C15H17FN2OS. The van der Waals surface area contributed by atoms with E-state index in [-0.39, 0.29) is 11.9 Å². The smallest absolute Gasteiger partial charge is 0.123 e. The van der Waals surface area contributed by atoms with E-state index in [2.05, 4.69) is 4.72 Å². The largest absolute Gasteiger partial charge is 0.324 e. The molecule has 0 aliphatic carbocycles. The standard InChI is InChI=1S/C15H17FN2OS/c1-20(19)18-14-4-2-3-11(9-14)10-15(17)12-5-7-13(16)8-6-12/h2-9,15,18H,10,17H2,1H3. The summed E-state index contributed by atoms with van der Waals surface area (Å²) in [5.74, 6) is -0.266. The highest BCUT2D eigenvalue weighted by Crippen LogP contribution is 2.19. The first kappa shape index (κ1) is 14.7. The highest BCUT2D eigenvalue weighted by Gasteiger charge is 2.08. The molecule has 0 bridgehead atoms.